The summed E-state index contributed by atoms with van der Waals surface area (Å²) in [7, 11) is 0. The van der Waals surface area contributed by atoms with E-state index in [1.807, 2.05) is 29.8 Å². The van der Waals surface area contributed by atoms with Crippen LogP contribution in [0.3, 0.4) is 0 Å². The van der Waals surface area contributed by atoms with Crippen LogP contribution in [-0.4, -0.2) is 17.0 Å². The van der Waals surface area contributed by atoms with E-state index in [0.29, 0.717) is 35.2 Å². The molecule has 4 rings (SSSR count). The average molecular weight is 461 g/mol. The lowest BCUT2D eigenvalue weighted by atomic mass is 10.0. The van der Waals surface area contributed by atoms with E-state index in [1.54, 1.807) is 36.4 Å². The number of hydrogen-bond acceptors (Lipinski definition) is 2. The topological polar surface area (TPSA) is 31.2 Å². The van der Waals surface area contributed by atoms with Gasteiger partial charge in [0.25, 0.3) is 0 Å². The third kappa shape index (κ3) is 4.84. The zero-order valence-corrected chi connectivity index (χ0v) is 18.5. The van der Waals surface area contributed by atoms with Crippen LogP contribution in [-0.2, 0) is 19.1 Å². The van der Waals surface area contributed by atoms with E-state index >= 15 is 0 Å². The smallest absolute Gasteiger partial charge is 0.416 e. The number of aromatic nitrogens is 1. The summed E-state index contributed by atoms with van der Waals surface area (Å²) in [6.07, 6.45) is 3.33. The number of nitrogens with zero attached hydrogens (tertiary/aromatic N) is 1. The van der Waals surface area contributed by atoms with Gasteiger partial charge >= 0.3 is 6.18 Å². The summed E-state index contributed by atoms with van der Waals surface area (Å²) >= 11 is 0. The molecule has 0 atom stereocenters. The van der Waals surface area contributed by atoms with E-state index in [0.717, 1.165) is 22.7 Å². The normalized spacial score (nSPS) is 11.4. The molecule has 34 heavy (non-hydrogen) atoms. The first-order valence-electron chi connectivity index (χ1n) is 10.8. The maximum Gasteiger partial charge on any atom is 0.416 e. The molecule has 0 aliphatic heterocycles. The third-order valence-corrected chi connectivity index (χ3v) is 5.68. The van der Waals surface area contributed by atoms with Crippen LogP contribution >= 0.6 is 0 Å². The zero-order chi connectivity index (χ0) is 24.3. The molecule has 1 heterocycles. The molecule has 0 aliphatic carbocycles. The molecule has 0 aliphatic rings. The van der Waals surface area contributed by atoms with Crippen LogP contribution in [0.5, 0.6) is 5.75 Å². The minimum absolute atomic E-state index is 0.116. The van der Waals surface area contributed by atoms with Crippen molar-refractivity contribution >= 4 is 16.7 Å². The van der Waals surface area contributed by atoms with Gasteiger partial charge in [-0.15, -0.1) is 6.42 Å². The molecule has 0 radical (unpaired) electrons. The third-order valence-electron chi connectivity index (χ3n) is 5.68. The summed E-state index contributed by atoms with van der Waals surface area (Å²) in [6, 6.07) is 17.9. The predicted molar refractivity (Wildman–Crippen MR) is 126 cm³/mol. The minimum Gasteiger partial charge on any atom is -0.481 e. The summed E-state index contributed by atoms with van der Waals surface area (Å²) < 4.78 is 46.7. The van der Waals surface area contributed by atoms with Crippen molar-refractivity contribution in [3.63, 3.8) is 0 Å². The van der Waals surface area contributed by atoms with Crippen LogP contribution in [0, 0.1) is 12.3 Å². The van der Waals surface area contributed by atoms with Crippen molar-refractivity contribution in [3.05, 3.63) is 101 Å². The first-order chi connectivity index (χ1) is 16.3. The van der Waals surface area contributed by atoms with Gasteiger partial charge in [0, 0.05) is 34.8 Å². The maximum absolute atomic E-state index is 13.2. The highest BCUT2D eigenvalue weighted by atomic mass is 19.4. The van der Waals surface area contributed by atoms with Crippen LogP contribution in [0.15, 0.2) is 72.9 Å². The van der Waals surface area contributed by atoms with Gasteiger partial charge < -0.3 is 9.30 Å². The van der Waals surface area contributed by atoms with Crippen molar-refractivity contribution in [1.82, 2.24) is 4.57 Å². The number of alkyl halides is 3. The Morgan fingerprint density at radius 1 is 1.00 bits per heavy atom. The number of terminal acetylenes is 1. The molecule has 0 bridgehead atoms. The van der Waals surface area contributed by atoms with Gasteiger partial charge in [0.2, 0.25) is 0 Å². The highest BCUT2D eigenvalue weighted by Crippen LogP contribution is 2.33. The molecule has 0 unspecified atom stereocenters. The molecule has 0 saturated carbocycles. The Balaban J connectivity index is 1.53. The number of hydrogen-bond donors (Lipinski definition) is 0. The fourth-order valence-corrected chi connectivity index (χ4v) is 3.91. The van der Waals surface area contributed by atoms with E-state index in [2.05, 4.69) is 5.92 Å². The van der Waals surface area contributed by atoms with E-state index < -0.39 is 11.7 Å². The number of halogens is 3. The molecule has 0 fully saturated rings. The van der Waals surface area contributed by atoms with Crippen molar-refractivity contribution in [2.24, 2.45) is 0 Å². The average Bonchev–Trinajstić information content (AvgIpc) is 3.19. The number of carbonyl (C=O) groups excluding carboxylic acids is 1. The summed E-state index contributed by atoms with van der Waals surface area (Å²) in [5.74, 6) is 2.87. The molecule has 6 heteroatoms. The number of rotatable bonds is 7. The lowest BCUT2D eigenvalue weighted by molar-refractivity contribution is -0.137. The van der Waals surface area contributed by atoms with Crippen molar-refractivity contribution in [2.45, 2.75) is 26.1 Å². The number of fused-ring (bicyclic) bond motifs is 1. The van der Waals surface area contributed by atoms with Crippen molar-refractivity contribution < 1.29 is 22.7 Å². The number of ether oxygens (including phenoxy) is 1. The molecule has 172 valence electrons. The van der Waals surface area contributed by atoms with Crippen LogP contribution in [0.4, 0.5) is 13.2 Å². The van der Waals surface area contributed by atoms with Crippen molar-refractivity contribution in [3.8, 4) is 18.1 Å². The molecule has 1 aromatic heterocycles. The number of aryl methyl sites for hydroxylation is 1. The molecular weight excluding hydrogens is 439 g/mol. The Labute approximate surface area is 195 Å². The first kappa shape index (κ1) is 23.2. The van der Waals surface area contributed by atoms with E-state index in [4.69, 9.17) is 11.2 Å². The van der Waals surface area contributed by atoms with Gasteiger partial charge in [0.15, 0.2) is 5.78 Å². The SMILES string of the molecule is C#CCOc1ccc(C(=O)c2ccc(Cn3cc(CC)c4cc(C(F)(F)F)ccc43)cc2)cc1. The Hall–Kier alpha value is -3.98. The van der Waals surface area contributed by atoms with E-state index in [-0.39, 0.29) is 12.4 Å². The molecule has 0 N–H and O–H groups in total. The minimum atomic E-state index is -4.38. The summed E-state index contributed by atoms with van der Waals surface area (Å²) in [6.45, 7) is 2.57. The Kier molecular flexibility index (Phi) is 6.47. The molecule has 0 saturated heterocycles. The number of carbonyl (C=O) groups is 1. The lowest BCUT2D eigenvalue weighted by Crippen LogP contribution is -2.05. The van der Waals surface area contributed by atoms with Gasteiger partial charge in [0.05, 0.1) is 5.56 Å². The monoisotopic (exact) mass is 461 g/mol. The Morgan fingerprint density at radius 3 is 2.24 bits per heavy atom. The van der Waals surface area contributed by atoms with Gasteiger partial charge in [-0.2, -0.15) is 13.2 Å². The highest BCUT2D eigenvalue weighted by Gasteiger charge is 2.31. The fraction of sp³-hybridized carbons (Fsp3) is 0.179. The largest absolute Gasteiger partial charge is 0.481 e. The van der Waals surface area contributed by atoms with Crippen molar-refractivity contribution in [1.29, 1.82) is 0 Å². The second-order valence-electron chi connectivity index (χ2n) is 7.91. The molecule has 3 aromatic carbocycles. The molecular formula is C28H22F3NO2. The Morgan fingerprint density at radius 2 is 1.65 bits per heavy atom. The second-order valence-corrected chi connectivity index (χ2v) is 7.91. The van der Waals surface area contributed by atoms with Crippen molar-refractivity contribution in [2.75, 3.05) is 6.61 Å². The van der Waals surface area contributed by atoms with Gasteiger partial charge in [-0.3, -0.25) is 4.79 Å². The quantitative estimate of drug-likeness (QED) is 0.232. The van der Waals surface area contributed by atoms with Gasteiger partial charge in [0.1, 0.15) is 12.4 Å². The number of ketones is 1. The van der Waals surface area contributed by atoms with E-state index in [9.17, 15) is 18.0 Å². The second kappa shape index (κ2) is 9.48. The maximum atomic E-state index is 13.2. The molecule has 3 nitrogen and oxygen atoms in total. The Bertz CT molecular complexity index is 1360. The fourth-order valence-electron chi connectivity index (χ4n) is 3.91. The first-order valence-corrected chi connectivity index (χ1v) is 10.8. The lowest BCUT2D eigenvalue weighted by Gasteiger charge is -2.09. The summed E-state index contributed by atoms with van der Waals surface area (Å²) in [4.78, 5) is 12.8. The van der Waals surface area contributed by atoms with E-state index in [1.165, 1.54) is 12.1 Å². The predicted octanol–water partition coefficient (Wildman–Crippen LogP) is 6.51. The zero-order valence-electron chi connectivity index (χ0n) is 18.5. The standard InChI is InChI=1S/C28H22F3NO2/c1-3-15-34-24-12-9-22(10-13-24)27(33)21-7-5-19(6-8-21)17-32-18-20(4-2)25-16-23(28(29,30)31)11-14-26(25)32/h1,5-14,16,18H,4,15,17H2,2H3. The van der Waals surface area contributed by atoms with Gasteiger partial charge in [-0.05, 0) is 60.0 Å². The van der Waals surface area contributed by atoms with Crippen LogP contribution in [0.1, 0.15) is 39.5 Å². The molecule has 0 amide bonds. The number of benzene rings is 3. The summed E-state index contributed by atoms with van der Waals surface area (Å²) in [5, 5.41) is 0.610. The highest BCUT2D eigenvalue weighted by molar-refractivity contribution is 6.09. The van der Waals surface area contributed by atoms with Crippen LogP contribution < -0.4 is 4.74 Å². The van der Waals surface area contributed by atoms with Crippen LogP contribution in [0.25, 0.3) is 10.9 Å². The van der Waals surface area contributed by atoms with Crippen LogP contribution in [0.2, 0.25) is 0 Å². The summed E-state index contributed by atoms with van der Waals surface area (Å²) in [5.41, 5.74) is 2.98. The molecule has 4 aromatic rings. The van der Waals surface area contributed by atoms with Gasteiger partial charge in [-0.25, -0.2) is 0 Å². The molecule has 0 spiro atoms. The van der Waals surface area contributed by atoms with Gasteiger partial charge in [-0.1, -0.05) is 37.1 Å².